The second-order valence-corrected chi connectivity index (χ2v) is 6.04. The third kappa shape index (κ3) is 2.29. The van der Waals surface area contributed by atoms with Gasteiger partial charge in [0.05, 0.1) is 12.3 Å². The molecule has 0 aliphatic carbocycles. The Morgan fingerprint density at radius 1 is 1.41 bits per heavy atom. The number of likely N-dealkylation sites (tertiary alicyclic amines) is 2. The lowest BCUT2D eigenvalue weighted by atomic mass is 9.85. The largest absolute Gasteiger partial charge is 0.395 e. The van der Waals surface area contributed by atoms with Gasteiger partial charge in [0.25, 0.3) is 5.91 Å². The van der Waals surface area contributed by atoms with E-state index in [0.29, 0.717) is 38.2 Å². The third-order valence-electron chi connectivity index (χ3n) is 4.65. The molecular formula is C15H21N3O4. The van der Waals surface area contributed by atoms with E-state index in [1.807, 2.05) is 0 Å². The summed E-state index contributed by atoms with van der Waals surface area (Å²) in [5.74, 6) is -0.127. The quantitative estimate of drug-likeness (QED) is 0.882. The number of amides is 2. The number of hydrogen-bond acceptors (Lipinski definition) is 5. The highest BCUT2D eigenvalue weighted by molar-refractivity contribution is 5.98. The van der Waals surface area contributed by atoms with Crippen molar-refractivity contribution in [2.24, 2.45) is 0 Å². The minimum absolute atomic E-state index is 0.0464. The van der Waals surface area contributed by atoms with Gasteiger partial charge in [-0.25, -0.2) is 0 Å². The first kappa shape index (κ1) is 15.0. The summed E-state index contributed by atoms with van der Waals surface area (Å²) >= 11 is 0. The van der Waals surface area contributed by atoms with Gasteiger partial charge in [-0.2, -0.15) is 0 Å². The molecule has 0 radical (unpaired) electrons. The summed E-state index contributed by atoms with van der Waals surface area (Å²) in [6.45, 7) is 3.22. The molecule has 1 aromatic heterocycles. The maximum atomic E-state index is 12.9. The van der Waals surface area contributed by atoms with Gasteiger partial charge in [-0.15, -0.1) is 0 Å². The second-order valence-electron chi connectivity index (χ2n) is 6.04. The van der Waals surface area contributed by atoms with Crippen molar-refractivity contribution in [2.45, 2.75) is 38.1 Å². The van der Waals surface area contributed by atoms with Gasteiger partial charge < -0.3 is 19.4 Å². The van der Waals surface area contributed by atoms with Crippen LogP contribution in [0.15, 0.2) is 10.6 Å². The van der Waals surface area contributed by atoms with Crippen LogP contribution in [0.2, 0.25) is 0 Å². The van der Waals surface area contributed by atoms with Crippen molar-refractivity contribution < 1.29 is 19.2 Å². The highest BCUT2D eigenvalue weighted by Gasteiger charge is 2.53. The summed E-state index contributed by atoms with van der Waals surface area (Å²) in [5.41, 5.74) is -0.126. The second kappa shape index (κ2) is 5.72. The number of rotatable bonds is 3. The monoisotopic (exact) mass is 307 g/mol. The molecule has 1 aromatic rings. The van der Waals surface area contributed by atoms with Gasteiger partial charge in [0.1, 0.15) is 5.54 Å². The number of carbonyl (C=O) groups is 2. The predicted octanol–water partition coefficient (Wildman–Crippen LogP) is 0.573. The molecule has 7 nitrogen and oxygen atoms in total. The molecule has 2 saturated heterocycles. The third-order valence-corrected chi connectivity index (χ3v) is 4.65. The maximum Gasteiger partial charge on any atom is 0.293 e. The predicted molar refractivity (Wildman–Crippen MR) is 77.1 cm³/mol. The fraction of sp³-hybridized carbons (Fsp3) is 0.667. The SMILES string of the molecule is Cc1cc(C(=O)N2CCCC23CCCN(CCO)C3=O)on1. The van der Waals surface area contributed by atoms with Gasteiger partial charge >= 0.3 is 0 Å². The average molecular weight is 307 g/mol. The van der Waals surface area contributed by atoms with E-state index in [9.17, 15) is 9.59 Å². The summed E-state index contributed by atoms with van der Waals surface area (Å²) < 4.78 is 5.08. The first-order chi connectivity index (χ1) is 10.6. The van der Waals surface area contributed by atoms with Crippen molar-refractivity contribution in [3.05, 3.63) is 17.5 Å². The molecule has 7 heteroatoms. The number of aromatic nitrogens is 1. The van der Waals surface area contributed by atoms with Crippen LogP contribution < -0.4 is 0 Å². The van der Waals surface area contributed by atoms with Gasteiger partial charge in [0, 0.05) is 25.7 Å². The Kier molecular flexibility index (Phi) is 3.90. The van der Waals surface area contributed by atoms with Crippen molar-refractivity contribution in [1.29, 1.82) is 0 Å². The molecule has 2 aliphatic heterocycles. The topological polar surface area (TPSA) is 86.9 Å². The molecule has 0 aromatic carbocycles. The summed E-state index contributed by atoms with van der Waals surface area (Å²) in [7, 11) is 0. The minimum atomic E-state index is -0.773. The van der Waals surface area contributed by atoms with Gasteiger partial charge in [-0.05, 0) is 32.6 Å². The van der Waals surface area contributed by atoms with Crippen LogP contribution in [-0.2, 0) is 4.79 Å². The Morgan fingerprint density at radius 3 is 2.77 bits per heavy atom. The summed E-state index contributed by atoms with van der Waals surface area (Å²) in [6.07, 6.45) is 2.99. The smallest absolute Gasteiger partial charge is 0.293 e. The van der Waals surface area contributed by atoms with Crippen molar-refractivity contribution in [2.75, 3.05) is 26.2 Å². The van der Waals surface area contributed by atoms with Crippen LogP contribution in [0.4, 0.5) is 0 Å². The normalized spacial score (nSPS) is 25.3. The zero-order valence-corrected chi connectivity index (χ0v) is 12.7. The maximum absolute atomic E-state index is 12.9. The van der Waals surface area contributed by atoms with Crippen LogP contribution in [0.1, 0.15) is 41.9 Å². The molecule has 3 heterocycles. The number of aliphatic hydroxyl groups is 1. The number of β-amino-alcohol motifs (C(OH)–C–C–N with tert-alkyl or cyclic N) is 1. The number of piperidine rings is 1. The van der Waals surface area contributed by atoms with Crippen LogP contribution >= 0.6 is 0 Å². The minimum Gasteiger partial charge on any atom is -0.395 e. The molecule has 0 bridgehead atoms. The Bertz CT molecular complexity index is 583. The molecule has 2 aliphatic rings. The van der Waals surface area contributed by atoms with Crippen LogP contribution in [0.5, 0.6) is 0 Å². The molecule has 0 saturated carbocycles. The lowest BCUT2D eigenvalue weighted by molar-refractivity contribution is -0.146. The zero-order chi connectivity index (χ0) is 15.7. The number of nitrogens with zero attached hydrogens (tertiary/aromatic N) is 3. The first-order valence-electron chi connectivity index (χ1n) is 7.74. The van der Waals surface area contributed by atoms with Crippen LogP contribution in [0.3, 0.4) is 0 Å². The van der Waals surface area contributed by atoms with Crippen LogP contribution in [0.25, 0.3) is 0 Å². The Morgan fingerprint density at radius 2 is 2.14 bits per heavy atom. The van der Waals surface area contributed by atoms with Crippen molar-refractivity contribution in [3.63, 3.8) is 0 Å². The first-order valence-corrected chi connectivity index (χ1v) is 7.74. The van der Waals surface area contributed by atoms with E-state index in [-0.39, 0.29) is 24.2 Å². The molecular weight excluding hydrogens is 286 g/mol. The van der Waals surface area contributed by atoms with Gasteiger partial charge in [0.15, 0.2) is 0 Å². The summed E-state index contributed by atoms with van der Waals surface area (Å²) in [6, 6.07) is 1.60. The molecule has 2 fully saturated rings. The van der Waals surface area contributed by atoms with Crippen molar-refractivity contribution in [3.8, 4) is 0 Å². The summed E-state index contributed by atoms with van der Waals surface area (Å²) in [5, 5.41) is 12.9. The van der Waals surface area contributed by atoms with Crippen molar-refractivity contribution >= 4 is 11.8 Å². The number of hydrogen-bond donors (Lipinski definition) is 1. The van der Waals surface area contributed by atoms with E-state index >= 15 is 0 Å². The Balaban J connectivity index is 1.88. The summed E-state index contributed by atoms with van der Waals surface area (Å²) in [4.78, 5) is 28.9. The van der Waals surface area contributed by atoms with E-state index < -0.39 is 5.54 Å². The van der Waals surface area contributed by atoms with E-state index in [1.54, 1.807) is 22.8 Å². The standard InChI is InChI=1S/C15H21N3O4/c1-11-10-12(22-16-11)13(20)18-7-3-5-15(18)4-2-6-17(8-9-19)14(15)21/h10,19H,2-9H2,1H3. The van der Waals surface area contributed by atoms with Crippen molar-refractivity contribution in [1.82, 2.24) is 15.0 Å². The van der Waals surface area contributed by atoms with E-state index in [1.165, 1.54) is 0 Å². The number of aryl methyl sites for hydroxylation is 1. The highest BCUT2D eigenvalue weighted by atomic mass is 16.5. The van der Waals surface area contributed by atoms with E-state index in [4.69, 9.17) is 9.63 Å². The molecule has 1 spiro atoms. The highest BCUT2D eigenvalue weighted by Crippen LogP contribution is 2.39. The fourth-order valence-electron chi connectivity index (χ4n) is 3.65. The molecule has 1 N–H and O–H groups in total. The lowest BCUT2D eigenvalue weighted by Gasteiger charge is -2.44. The van der Waals surface area contributed by atoms with Gasteiger partial charge in [0.2, 0.25) is 11.7 Å². The Labute approximate surface area is 128 Å². The number of aliphatic hydroxyl groups excluding tert-OH is 1. The molecule has 1 unspecified atom stereocenters. The molecule has 3 rings (SSSR count). The van der Waals surface area contributed by atoms with E-state index in [2.05, 4.69) is 5.16 Å². The lowest BCUT2D eigenvalue weighted by Crippen LogP contribution is -2.61. The molecule has 120 valence electrons. The number of carbonyl (C=O) groups excluding carboxylic acids is 2. The molecule has 2 amide bonds. The fourth-order valence-corrected chi connectivity index (χ4v) is 3.65. The average Bonchev–Trinajstić information content (AvgIpc) is 3.11. The molecule has 1 atom stereocenters. The van der Waals surface area contributed by atoms with E-state index in [0.717, 1.165) is 12.8 Å². The molecule has 22 heavy (non-hydrogen) atoms. The van der Waals surface area contributed by atoms with Gasteiger partial charge in [-0.1, -0.05) is 5.16 Å². The Hall–Kier alpha value is -1.89. The zero-order valence-electron chi connectivity index (χ0n) is 12.7. The van der Waals surface area contributed by atoms with Crippen LogP contribution in [0, 0.1) is 6.92 Å². The van der Waals surface area contributed by atoms with Crippen LogP contribution in [-0.4, -0.2) is 63.7 Å². The van der Waals surface area contributed by atoms with Gasteiger partial charge in [-0.3, -0.25) is 9.59 Å².